The standard InChI is InChI=1S/C33H30ClNO4S/c1-22-7-3-4-8-26(22)28-21-24(15-18-27(28)32(36)35-30(33(37)38)19-20-40-2)12-11-23-13-16-25(17-14-23)39-31-10-6-5-9-29(31)34/h3-18,21,30H,19-20H2,1-2H3,(H,35,36)(H,37,38)/t30-/m0/s1. The Bertz CT molecular complexity index is 1520. The van der Waals surface area contributed by atoms with Crippen LogP contribution in [0.2, 0.25) is 5.02 Å². The monoisotopic (exact) mass is 571 g/mol. The van der Waals surface area contributed by atoms with Crippen molar-refractivity contribution in [3.05, 3.63) is 118 Å². The van der Waals surface area contributed by atoms with E-state index >= 15 is 0 Å². The number of hydrogen-bond donors (Lipinski definition) is 2. The molecule has 2 N–H and O–H groups in total. The highest BCUT2D eigenvalue weighted by molar-refractivity contribution is 7.98. The molecule has 4 aromatic rings. The van der Waals surface area contributed by atoms with E-state index in [1.54, 1.807) is 23.9 Å². The van der Waals surface area contributed by atoms with Gasteiger partial charge in [0, 0.05) is 5.56 Å². The number of halogens is 1. The van der Waals surface area contributed by atoms with Crippen molar-refractivity contribution < 1.29 is 19.4 Å². The van der Waals surface area contributed by atoms with E-state index < -0.39 is 17.9 Å². The fourth-order valence-corrected chi connectivity index (χ4v) is 4.83. The van der Waals surface area contributed by atoms with Crippen molar-refractivity contribution in [3.63, 3.8) is 0 Å². The number of rotatable bonds is 11. The van der Waals surface area contributed by atoms with Gasteiger partial charge in [0.1, 0.15) is 17.5 Å². The zero-order valence-corrected chi connectivity index (χ0v) is 23.8. The van der Waals surface area contributed by atoms with Gasteiger partial charge in [0.2, 0.25) is 0 Å². The Hall–Kier alpha value is -4.00. The van der Waals surface area contributed by atoms with Crippen LogP contribution in [0.3, 0.4) is 0 Å². The van der Waals surface area contributed by atoms with Crippen LogP contribution in [-0.4, -0.2) is 35.0 Å². The summed E-state index contributed by atoms with van der Waals surface area (Å²) in [6.45, 7) is 1.99. The largest absolute Gasteiger partial charge is 0.480 e. The van der Waals surface area contributed by atoms with Crippen molar-refractivity contribution in [2.45, 2.75) is 19.4 Å². The topological polar surface area (TPSA) is 75.6 Å². The van der Waals surface area contributed by atoms with Gasteiger partial charge < -0.3 is 15.2 Å². The van der Waals surface area contributed by atoms with E-state index in [9.17, 15) is 14.7 Å². The number of carbonyl (C=O) groups is 2. The summed E-state index contributed by atoms with van der Waals surface area (Å²) >= 11 is 7.74. The summed E-state index contributed by atoms with van der Waals surface area (Å²) in [5.41, 5.74) is 4.99. The van der Waals surface area contributed by atoms with Gasteiger partial charge in [-0.25, -0.2) is 4.79 Å². The maximum Gasteiger partial charge on any atom is 0.326 e. The molecule has 0 saturated carbocycles. The lowest BCUT2D eigenvalue weighted by Crippen LogP contribution is -2.41. The van der Waals surface area contributed by atoms with E-state index in [1.807, 2.05) is 104 Å². The van der Waals surface area contributed by atoms with Crippen molar-refractivity contribution in [1.82, 2.24) is 5.32 Å². The number of nitrogens with one attached hydrogen (secondary N) is 1. The Morgan fingerprint density at radius 2 is 1.60 bits per heavy atom. The smallest absolute Gasteiger partial charge is 0.326 e. The van der Waals surface area contributed by atoms with Gasteiger partial charge in [-0.2, -0.15) is 11.8 Å². The molecule has 0 radical (unpaired) electrons. The summed E-state index contributed by atoms with van der Waals surface area (Å²) in [5.74, 6) is 0.469. The third-order valence-corrected chi connectivity index (χ3v) is 7.31. The number of ether oxygens (including phenoxy) is 1. The molecule has 1 amide bonds. The summed E-state index contributed by atoms with van der Waals surface area (Å²) in [7, 11) is 0. The van der Waals surface area contributed by atoms with Crippen LogP contribution >= 0.6 is 23.4 Å². The normalized spacial score (nSPS) is 11.8. The first-order chi connectivity index (χ1) is 19.4. The van der Waals surface area contributed by atoms with Gasteiger partial charge in [-0.1, -0.05) is 78.4 Å². The van der Waals surface area contributed by atoms with E-state index in [0.717, 1.165) is 27.8 Å². The molecule has 0 aliphatic carbocycles. The quantitative estimate of drug-likeness (QED) is 0.177. The summed E-state index contributed by atoms with van der Waals surface area (Å²) in [4.78, 5) is 25.0. The van der Waals surface area contributed by atoms with E-state index in [0.29, 0.717) is 34.3 Å². The maximum atomic E-state index is 13.3. The molecule has 0 bridgehead atoms. The van der Waals surface area contributed by atoms with E-state index in [-0.39, 0.29) is 0 Å². The van der Waals surface area contributed by atoms with Gasteiger partial charge in [-0.05, 0) is 89.6 Å². The first-order valence-electron chi connectivity index (χ1n) is 12.8. The molecule has 0 spiro atoms. The third-order valence-electron chi connectivity index (χ3n) is 6.35. The second-order valence-corrected chi connectivity index (χ2v) is 10.6. The van der Waals surface area contributed by atoms with Crippen LogP contribution in [0.1, 0.15) is 33.5 Å². The third kappa shape index (κ3) is 7.56. The Morgan fingerprint density at radius 1 is 0.925 bits per heavy atom. The lowest BCUT2D eigenvalue weighted by Gasteiger charge is -2.17. The molecule has 0 fully saturated rings. The zero-order valence-electron chi connectivity index (χ0n) is 22.3. The lowest BCUT2D eigenvalue weighted by molar-refractivity contribution is -0.139. The van der Waals surface area contributed by atoms with Crippen molar-refractivity contribution in [2.24, 2.45) is 0 Å². The molecule has 0 aliphatic heterocycles. The summed E-state index contributed by atoms with van der Waals surface area (Å²) in [6.07, 6.45) is 6.22. The van der Waals surface area contributed by atoms with Crippen LogP contribution in [0.25, 0.3) is 23.3 Å². The molecule has 7 heteroatoms. The molecule has 0 unspecified atom stereocenters. The van der Waals surface area contributed by atoms with Crippen LogP contribution in [-0.2, 0) is 4.79 Å². The minimum Gasteiger partial charge on any atom is -0.480 e. The summed E-state index contributed by atoms with van der Waals surface area (Å²) in [5, 5.41) is 12.9. The molecule has 0 aliphatic rings. The molecule has 5 nitrogen and oxygen atoms in total. The highest BCUT2D eigenvalue weighted by Gasteiger charge is 2.22. The van der Waals surface area contributed by atoms with Gasteiger partial charge in [0.15, 0.2) is 0 Å². The number of carbonyl (C=O) groups excluding carboxylic acids is 1. The number of hydrogen-bond acceptors (Lipinski definition) is 4. The second-order valence-electron chi connectivity index (χ2n) is 9.20. The number of amides is 1. The number of benzene rings is 4. The predicted octanol–water partition coefficient (Wildman–Crippen LogP) is 8.21. The van der Waals surface area contributed by atoms with Gasteiger partial charge >= 0.3 is 5.97 Å². The fourth-order valence-electron chi connectivity index (χ4n) is 4.18. The van der Waals surface area contributed by atoms with Crippen LogP contribution in [0.5, 0.6) is 11.5 Å². The minimum absolute atomic E-state index is 0.352. The number of para-hydroxylation sites is 1. The number of carboxylic acid groups (broad SMARTS) is 1. The Morgan fingerprint density at radius 3 is 2.30 bits per heavy atom. The van der Waals surface area contributed by atoms with E-state index in [2.05, 4.69) is 5.32 Å². The molecule has 4 rings (SSSR count). The molecule has 0 aromatic heterocycles. The van der Waals surface area contributed by atoms with Crippen molar-refractivity contribution in [2.75, 3.05) is 12.0 Å². The molecule has 40 heavy (non-hydrogen) atoms. The van der Waals surface area contributed by atoms with Gasteiger partial charge in [0.05, 0.1) is 5.02 Å². The Kier molecular flexibility index (Phi) is 10.1. The second kappa shape index (κ2) is 13.9. The minimum atomic E-state index is -1.04. The average Bonchev–Trinajstić information content (AvgIpc) is 2.96. The number of carboxylic acids is 1. The highest BCUT2D eigenvalue weighted by Crippen LogP contribution is 2.30. The molecule has 0 saturated heterocycles. The predicted molar refractivity (Wildman–Crippen MR) is 165 cm³/mol. The van der Waals surface area contributed by atoms with Crippen molar-refractivity contribution >= 4 is 47.4 Å². The van der Waals surface area contributed by atoms with Crippen LogP contribution < -0.4 is 10.1 Å². The summed E-state index contributed by atoms with van der Waals surface area (Å²) in [6, 6.07) is 27.4. The molecule has 4 aromatic carbocycles. The van der Waals surface area contributed by atoms with E-state index in [4.69, 9.17) is 16.3 Å². The number of thioether (sulfide) groups is 1. The van der Waals surface area contributed by atoms with Crippen molar-refractivity contribution in [1.29, 1.82) is 0 Å². The van der Waals surface area contributed by atoms with Crippen molar-refractivity contribution in [3.8, 4) is 22.6 Å². The number of aryl methyl sites for hydroxylation is 1. The Labute approximate surface area is 243 Å². The van der Waals surface area contributed by atoms with Gasteiger partial charge in [-0.3, -0.25) is 4.79 Å². The highest BCUT2D eigenvalue weighted by atomic mass is 35.5. The van der Waals surface area contributed by atoms with Crippen LogP contribution in [0.15, 0.2) is 91.0 Å². The fraction of sp³-hybridized carbons (Fsp3) is 0.152. The average molecular weight is 572 g/mol. The zero-order chi connectivity index (χ0) is 28.5. The Balaban J connectivity index is 1.58. The first kappa shape index (κ1) is 29.0. The SMILES string of the molecule is CSCC[C@H](NC(=O)c1ccc(C=Cc2ccc(Oc3ccccc3Cl)cc2)cc1-c1ccccc1C)C(=O)O. The lowest BCUT2D eigenvalue weighted by atomic mass is 9.93. The molecular formula is C33H30ClNO4S. The van der Waals surface area contributed by atoms with Crippen LogP contribution in [0.4, 0.5) is 0 Å². The molecule has 0 heterocycles. The van der Waals surface area contributed by atoms with Gasteiger partial charge in [-0.15, -0.1) is 0 Å². The molecular weight excluding hydrogens is 542 g/mol. The molecule has 204 valence electrons. The molecule has 1 atom stereocenters. The maximum absolute atomic E-state index is 13.3. The first-order valence-corrected chi connectivity index (χ1v) is 14.6. The van der Waals surface area contributed by atoms with E-state index in [1.165, 1.54) is 0 Å². The van der Waals surface area contributed by atoms with Gasteiger partial charge in [0.25, 0.3) is 5.91 Å². The summed E-state index contributed by atoms with van der Waals surface area (Å²) < 4.78 is 5.87. The van der Waals surface area contributed by atoms with Crippen LogP contribution in [0, 0.1) is 6.92 Å². The number of aliphatic carboxylic acids is 1.